The molecule has 0 saturated carbocycles. The largest absolute Gasteiger partial charge is 0.421 e. The number of carbonyl (C=O) groups excluding carboxylic acids is 3. The topological polar surface area (TPSA) is 97.5 Å². The van der Waals surface area contributed by atoms with Gasteiger partial charge in [-0.1, -0.05) is 20.8 Å². The zero-order chi connectivity index (χ0) is 22.8. The molecule has 1 fully saturated rings. The summed E-state index contributed by atoms with van der Waals surface area (Å²) in [5.74, 6) is -3.36. The lowest BCUT2D eigenvalue weighted by atomic mass is 9.84. The third-order valence-electron chi connectivity index (χ3n) is 5.58. The van der Waals surface area contributed by atoms with E-state index in [1.54, 1.807) is 0 Å². The van der Waals surface area contributed by atoms with E-state index in [2.05, 4.69) is 31.1 Å². The molecule has 7 nitrogen and oxygen atoms in total. The van der Waals surface area contributed by atoms with Crippen molar-refractivity contribution in [2.45, 2.75) is 78.2 Å². The van der Waals surface area contributed by atoms with Crippen LogP contribution in [0.15, 0.2) is 18.2 Å². The van der Waals surface area contributed by atoms with Crippen molar-refractivity contribution >= 4 is 28.6 Å². The number of aromatic amines is 1. The van der Waals surface area contributed by atoms with Crippen molar-refractivity contribution in [2.75, 3.05) is 0 Å². The monoisotopic (exact) mass is 426 g/mol. The number of esters is 2. The molecule has 0 bridgehead atoms. The Balaban J connectivity index is 1.81. The fourth-order valence-corrected chi connectivity index (χ4v) is 4.59. The second-order valence-electron chi connectivity index (χ2n) is 10.9. The molecule has 2 aliphatic rings. The second-order valence-corrected chi connectivity index (χ2v) is 10.9. The van der Waals surface area contributed by atoms with Crippen molar-refractivity contribution < 1.29 is 23.9 Å². The highest BCUT2D eigenvalue weighted by Crippen LogP contribution is 2.45. The summed E-state index contributed by atoms with van der Waals surface area (Å²) in [6.45, 7) is 12.3. The van der Waals surface area contributed by atoms with Gasteiger partial charge in [0.25, 0.3) is 0 Å². The van der Waals surface area contributed by atoms with Crippen LogP contribution < -0.4 is 5.32 Å². The Morgan fingerprint density at radius 1 is 1.13 bits per heavy atom. The van der Waals surface area contributed by atoms with Crippen molar-refractivity contribution in [1.82, 2.24) is 10.3 Å². The third-order valence-corrected chi connectivity index (χ3v) is 5.58. The van der Waals surface area contributed by atoms with Gasteiger partial charge in [-0.2, -0.15) is 0 Å². The van der Waals surface area contributed by atoms with E-state index in [1.807, 2.05) is 39.0 Å². The molecule has 1 aliphatic heterocycles. The number of rotatable bonds is 3. The van der Waals surface area contributed by atoms with Gasteiger partial charge in [0.1, 0.15) is 5.69 Å². The van der Waals surface area contributed by atoms with E-state index in [-0.39, 0.29) is 22.8 Å². The van der Waals surface area contributed by atoms with Crippen LogP contribution in [0.4, 0.5) is 0 Å². The maximum absolute atomic E-state index is 12.8. The number of ketones is 1. The van der Waals surface area contributed by atoms with Crippen molar-refractivity contribution in [3.63, 3.8) is 0 Å². The maximum atomic E-state index is 12.8. The van der Waals surface area contributed by atoms with Gasteiger partial charge in [-0.15, -0.1) is 0 Å². The van der Waals surface area contributed by atoms with Crippen molar-refractivity contribution in [2.24, 2.45) is 5.41 Å². The molecule has 7 heteroatoms. The lowest BCUT2D eigenvalue weighted by Gasteiger charge is -2.38. The Morgan fingerprint density at radius 3 is 2.35 bits per heavy atom. The van der Waals surface area contributed by atoms with Gasteiger partial charge in [0.15, 0.2) is 5.78 Å². The summed E-state index contributed by atoms with van der Waals surface area (Å²) in [5.41, 5.74) is 2.64. The van der Waals surface area contributed by atoms with Gasteiger partial charge in [0, 0.05) is 40.9 Å². The molecule has 0 amide bonds. The van der Waals surface area contributed by atoms with E-state index in [0.29, 0.717) is 30.5 Å². The zero-order valence-corrected chi connectivity index (χ0v) is 19.0. The maximum Gasteiger partial charge on any atom is 0.421 e. The third kappa shape index (κ3) is 4.11. The Morgan fingerprint density at radius 2 is 1.77 bits per heavy atom. The highest BCUT2D eigenvalue weighted by atomic mass is 16.8. The Hall–Kier alpha value is -2.67. The summed E-state index contributed by atoms with van der Waals surface area (Å²) in [5, 5.41) is 4.42. The van der Waals surface area contributed by atoms with Crippen LogP contribution in [-0.4, -0.2) is 34.3 Å². The number of ether oxygens (including phenoxy) is 2. The van der Waals surface area contributed by atoms with Crippen LogP contribution in [0.3, 0.4) is 0 Å². The summed E-state index contributed by atoms with van der Waals surface area (Å²) < 4.78 is 11.0. The highest BCUT2D eigenvalue weighted by molar-refractivity contribution is 6.31. The van der Waals surface area contributed by atoms with Crippen LogP contribution >= 0.6 is 0 Å². The molecule has 1 spiro atoms. The molecular formula is C24H30N2O5. The summed E-state index contributed by atoms with van der Waals surface area (Å²) in [4.78, 5) is 40.0. The average Bonchev–Trinajstić information content (AvgIpc) is 3.10. The molecule has 1 unspecified atom stereocenters. The van der Waals surface area contributed by atoms with E-state index < -0.39 is 17.7 Å². The number of nitrogens with one attached hydrogen (secondary N) is 2. The molecule has 2 aromatic rings. The number of aromatic nitrogens is 1. The number of benzene rings is 1. The first-order chi connectivity index (χ1) is 14.3. The summed E-state index contributed by atoms with van der Waals surface area (Å²) in [6.07, 6.45) is 1.41. The van der Waals surface area contributed by atoms with Crippen LogP contribution in [0.2, 0.25) is 0 Å². The minimum atomic E-state index is -1.47. The van der Waals surface area contributed by atoms with E-state index in [9.17, 15) is 14.4 Å². The van der Waals surface area contributed by atoms with Crippen molar-refractivity contribution in [1.29, 1.82) is 0 Å². The fraction of sp³-hybridized carbons (Fsp3) is 0.542. The van der Waals surface area contributed by atoms with Gasteiger partial charge in [0.2, 0.25) is 0 Å². The first kappa shape index (κ1) is 21.6. The smallest absolute Gasteiger partial charge is 0.408 e. The van der Waals surface area contributed by atoms with Gasteiger partial charge in [-0.05, 0) is 56.4 Å². The molecule has 31 heavy (non-hydrogen) atoms. The van der Waals surface area contributed by atoms with E-state index in [4.69, 9.17) is 9.47 Å². The van der Waals surface area contributed by atoms with Gasteiger partial charge >= 0.3 is 17.7 Å². The molecule has 1 aromatic carbocycles. The molecule has 2 N–H and O–H groups in total. The summed E-state index contributed by atoms with van der Waals surface area (Å²) in [6, 6.07) is 5.48. The molecule has 1 saturated heterocycles. The molecule has 1 atom stereocenters. The molecule has 1 aromatic heterocycles. The van der Waals surface area contributed by atoms with Gasteiger partial charge < -0.3 is 19.8 Å². The number of fused-ring (bicyclic) bond motifs is 4. The standard InChI is InChI=1S/C24H30N2O5/c1-22(2,3)12-18(27)13-7-8-17-15(9-13)16-10-14(26-23(4,5)6)11-24(19(16)25-17)30-20(28)21(29)31-24/h7-9,14,25-26H,10-12H2,1-6H3. The lowest BCUT2D eigenvalue weighted by molar-refractivity contribution is -0.193. The van der Waals surface area contributed by atoms with E-state index in [0.717, 1.165) is 16.5 Å². The van der Waals surface area contributed by atoms with Crippen LogP contribution in [0.25, 0.3) is 10.9 Å². The van der Waals surface area contributed by atoms with Gasteiger partial charge in [-0.25, -0.2) is 9.59 Å². The number of Topliss-reactive ketones (excluding diaryl/α,β-unsaturated/α-hetero) is 1. The number of hydrogen-bond donors (Lipinski definition) is 2. The van der Waals surface area contributed by atoms with Crippen LogP contribution in [0.1, 0.15) is 76.0 Å². The Labute approximate surface area is 181 Å². The summed E-state index contributed by atoms with van der Waals surface area (Å²) >= 11 is 0. The molecular weight excluding hydrogens is 396 g/mol. The molecule has 166 valence electrons. The number of hydrogen-bond acceptors (Lipinski definition) is 6. The average molecular weight is 427 g/mol. The fourth-order valence-electron chi connectivity index (χ4n) is 4.59. The first-order valence-electron chi connectivity index (χ1n) is 10.7. The van der Waals surface area contributed by atoms with Crippen LogP contribution in [0, 0.1) is 5.41 Å². The van der Waals surface area contributed by atoms with Crippen molar-refractivity contribution in [3.8, 4) is 0 Å². The lowest BCUT2D eigenvalue weighted by Crippen LogP contribution is -2.51. The summed E-state index contributed by atoms with van der Waals surface area (Å²) in [7, 11) is 0. The quantitative estimate of drug-likeness (QED) is 0.441. The van der Waals surface area contributed by atoms with Crippen LogP contribution in [0.5, 0.6) is 0 Å². The normalized spacial score (nSPS) is 20.6. The van der Waals surface area contributed by atoms with Gasteiger partial charge in [0.05, 0.1) is 0 Å². The minimum absolute atomic E-state index is 0.0814. The Bertz CT molecular complexity index is 1070. The Kier molecular flexibility index (Phi) is 4.81. The minimum Gasteiger partial charge on any atom is -0.408 e. The first-order valence-corrected chi connectivity index (χ1v) is 10.7. The molecule has 4 rings (SSSR count). The SMILES string of the molecule is CC(C)(C)CC(=O)c1ccc2[nH]c3c(c2c1)CC(NC(C)(C)C)CC31OC(=O)C(=O)O1. The zero-order valence-electron chi connectivity index (χ0n) is 19.0. The van der Waals surface area contributed by atoms with E-state index in [1.165, 1.54) is 0 Å². The molecule has 2 heterocycles. The molecule has 0 radical (unpaired) electrons. The predicted octanol–water partition coefficient (Wildman–Crippen LogP) is 3.74. The van der Waals surface area contributed by atoms with Crippen LogP contribution in [-0.2, 0) is 31.3 Å². The second kappa shape index (κ2) is 6.92. The highest BCUT2D eigenvalue weighted by Gasteiger charge is 2.56. The van der Waals surface area contributed by atoms with E-state index >= 15 is 0 Å². The van der Waals surface area contributed by atoms with Crippen molar-refractivity contribution in [3.05, 3.63) is 35.0 Å². The predicted molar refractivity (Wildman–Crippen MR) is 116 cm³/mol. The van der Waals surface area contributed by atoms with Gasteiger partial charge in [-0.3, -0.25) is 4.79 Å². The number of H-pyrrole nitrogens is 1. The molecule has 1 aliphatic carbocycles. The number of carbonyl (C=O) groups is 3.